The van der Waals surface area contributed by atoms with Crippen LogP contribution in [0.4, 0.5) is 0 Å². The minimum Gasteiger partial charge on any atom is -0.497 e. The quantitative estimate of drug-likeness (QED) is 0.827. The van der Waals surface area contributed by atoms with Gasteiger partial charge >= 0.3 is 0 Å². The molecule has 26 heavy (non-hydrogen) atoms. The van der Waals surface area contributed by atoms with Gasteiger partial charge in [-0.1, -0.05) is 12.1 Å². The van der Waals surface area contributed by atoms with Crippen molar-refractivity contribution in [2.75, 3.05) is 26.8 Å². The SMILES string of the molecule is COc1ccc([C@@H]2[C@@H](C(=O)N3CCCCC3)OCC(=O)N2C2CC2)cc1. The Morgan fingerprint density at radius 2 is 1.81 bits per heavy atom. The second kappa shape index (κ2) is 7.27. The molecule has 0 aromatic heterocycles. The molecule has 1 saturated carbocycles. The van der Waals surface area contributed by atoms with Crippen LogP contribution in [0, 0.1) is 0 Å². The molecule has 140 valence electrons. The van der Waals surface area contributed by atoms with E-state index in [2.05, 4.69) is 0 Å². The molecule has 0 radical (unpaired) electrons. The smallest absolute Gasteiger partial charge is 0.254 e. The summed E-state index contributed by atoms with van der Waals surface area (Å²) in [6.45, 7) is 1.56. The van der Waals surface area contributed by atoms with Gasteiger partial charge in [-0.15, -0.1) is 0 Å². The third-order valence-electron chi connectivity index (χ3n) is 5.57. The van der Waals surface area contributed by atoms with Crippen LogP contribution in [-0.2, 0) is 14.3 Å². The van der Waals surface area contributed by atoms with Crippen LogP contribution in [0.15, 0.2) is 24.3 Å². The summed E-state index contributed by atoms with van der Waals surface area (Å²) in [6, 6.07) is 7.51. The number of ether oxygens (including phenoxy) is 2. The van der Waals surface area contributed by atoms with E-state index in [4.69, 9.17) is 9.47 Å². The molecule has 2 amide bonds. The molecule has 1 aliphatic carbocycles. The largest absolute Gasteiger partial charge is 0.497 e. The Morgan fingerprint density at radius 3 is 2.42 bits per heavy atom. The number of nitrogens with zero attached hydrogens (tertiary/aromatic N) is 2. The van der Waals surface area contributed by atoms with E-state index in [9.17, 15) is 9.59 Å². The predicted octanol–water partition coefficient (Wildman–Crippen LogP) is 2.14. The lowest BCUT2D eigenvalue weighted by atomic mass is 9.95. The van der Waals surface area contributed by atoms with Crippen molar-refractivity contribution in [3.63, 3.8) is 0 Å². The number of amides is 2. The van der Waals surface area contributed by atoms with Crippen molar-refractivity contribution in [2.45, 2.75) is 50.3 Å². The van der Waals surface area contributed by atoms with Crippen molar-refractivity contribution in [3.05, 3.63) is 29.8 Å². The zero-order chi connectivity index (χ0) is 18.1. The number of hydrogen-bond acceptors (Lipinski definition) is 4. The van der Waals surface area contributed by atoms with Crippen LogP contribution in [-0.4, -0.2) is 60.6 Å². The van der Waals surface area contributed by atoms with E-state index < -0.39 is 6.10 Å². The number of carbonyl (C=O) groups excluding carboxylic acids is 2. The van der Waals surface area contributed by atoms with Gasteiger partial charge < -0.3 is 19.3 Å². The predicted molar refractivity (Wildman–Crippen MR) is 95.8 cm³/mol. The molecule has 2 saturated heterocycles. The fourth-order valence-electron chi connectivity index (χ4n) is 4.05. The number of piperidine rings is 1. The van der Waals surface area contributed by atoms with E-state index in [1.165, 1.54) is 6.42 Å². The van der Waals surface area contributed by atoms with Gasteiger partial charge in [0.1, 0.15) is 12.4 Å². The van der Waals surface area contributed by atoms with E-state index in [1.807, 2.05) is 34.1 Å². The van der Waals surface area contributed by atoms with Gasteiger partial charge in [0.25, 0.3) is 5.91 Å². The minimum atomic E-state index is -0.625. The highest BCUT2D eigenvalue weighted by Crippen LogP contribution is 2.40. The number of hydrogen-bond donors (Lipinski definition) is 0. The molecule has 0 unspecified atom stereocenters. The molecule has 2 heterocycles. The maximum Gasteiger partial charge on any atom is 0.254 e. The minimum absolute atomic E-state index is 0.00655. The van der Waals surface area contributed by atoms with Crippen molar-refractivity contribution in [2.24, 2.45) is 0 Å². The average molecular weight is 358 g/mol. The summed E-state index contributed by atoms with van der Waals surface area (Å²) in [5.41, 5.74) is 0.932. The molecule has 1 aromatic rings. The number of benzene rings is 1. The fraction of sp³-hybridized carbons (Fsp3) is 0.600. The lowest BCUT2D eigenvalue weighted by molar-refractivity contribution is -0.170. The number of morpholine rings is 1. The van der Waals surface area contributed by atoms with Crippen molar-refractivity contribution in [3.8, 4) is 5.75 Å². The molecule has 3 aliphatic rings. The fourth-order valence-corrected chi connectivity index (χ4v) is 4.05. The molecular formula is C20H26N2O4. The standard InChI is InChI=1S/C20H26N2O4/c1-25-16-9-5-14(6-10-16)18-19(20(24)21-11-3-2-4-12-21)26-13-17(23)22(18)15-7-8-15/h5-6,9-10,15,18-19H,2-4,7-8,11-13H2,1H3/t18-,19+/m1/s1. The van der Waals surface area contributed by atoms with Gasteiger partial charge in [0.05, 0.1) is 13.2 Å². The second-order valence-electron chi connectivity index (χ2n) is 7.37. The first kappa shape index (κ1) is 17.3. The van der Waals surface area contributed by atoms with Crippen LogP contribution in [0.5, 0.6) is 5.75 Å². The number of methoxy groups -OCH3 is 1. The molecule has 2 aliphatic heterocycles. The summed E-state index contributed by atoms with van der Waals surface area (Å²) in [5.74, 6) is 0.758. The molecule has 0 N–H and O–H groups in total. The average Bonchev–Trinajstić information content (AvgIpc) is 3.53. The molecule has 6 nitrogen and oxygen atoms in total. The van der Waals surface area contributed by atoms with Gasteiger partial charge in [-0.05, 0) is 49.8 Å². The normalized spacial score (nSPS) is 26.7. The van der Waals surface area contributed by atoms with Gasteiger partial charge in [-0.2, -0.15) is 0 Å². The summed E-state index contributed by atoms with van der Waals surface area (Å²) < 4.78 is 11.1. The summed E-state index contributed by atoms with van der Waals surface area (Å²) in [5, 5.41) is 0. The van der Waals surface area contributed by atoms with Crippen LogP contribution in [0.1, 0.15) is 43.7 Å². The molecule has 0 bridgehead atoms. The van der Waals surface area contributed by atoms with E-state index in [-0.39, 0.29) is 30.5 Å². The van der Waals surface area contributed by atoms with Crippen molar-refractivity contribution >= 4 is 11.8 Å². The number of rotatable bonds is 4. The monoisotopic (exact) mass is 358 g/mol. The maximum atomic E-state index is 13.2. The topological polar surface area (TPSA) is 59.1 Å². The first-order valence-electron chi connectivity index (χ1n) is 9.54. The lowest BCUT2D eigenvalue weighted by Crippen LogP contribution is -2.56. The van der Waals surface area contributed by atoms with E-state index in [1.54, 1.807) is 7.11 Å². The lowest BCUT2D eigenvalue weighted by Gasteiger charge is -2.42. The highest BCUT2D eigenvalue weighted by atomic mass is 16.5. The number of carbonyl (C=O) groups is 2. The molecule has 1 aromatic carbocycles. The molecule has 4 rings (SSSR count). The zero-order valence-electron chi connectivity index (χ0n) is 15.2. The highest BCUT2D eigenvalue weighted by Gasteiger charge is 2.48. The Balaban J connectivity index is 1.65. The Hall–Kier alpha value is -2.08. The van der Waals surface area contributed by atoms with Gasteiger partial charge in [0.15, 0.2) is 6.10 Å². The maximum absolute atomic E-state index is 13.2. The van der Waals surface area contributed by atoms with E-state index in [0.717, 1.165) is 50.1 Å². The highest BCUT2D eigenvalue weighted by molar-refractivity contribution is 5.87. The molecule has 2 atom stereocenters. The van der Waals surface area contributed by atoms with Crippen LogP contribution in [0.2, 0.25) is 0 Å². The van der Waals surface area contributed by atoms with Crippen LogP contribution < -0.4 is 4.74 Å². The van der Waals surface area contributed by atoms with Crippen LogP contribution >= 0.6 is 0 Å². The third kappa shape index (κ3) is 3.30. The second-order valence-corrected chi connectivity index (χ2v) is 7.37. The van der Waals surface area contributed by atoms with Crippen molar-refractivity contribution in [1.82, 2.24) is 9.80 Å². The Labute approximate surface area is 154 Å². The number of likely N-dealkylation sites (tertiary alicyclic amines) is 1. The summed E-state index contributed by atoms with van der Waals surface area (Å²) in [6.07, 6.45) is 4.63. The molecule has 3 fully saturated rings. The molecule has 0 spiro atoms. The Morgan fingerprint density at radius 1 is 1.12 bits per heavy atom. The summed E-state index contributed by atoms with van der Waals surface area (Å²) in [4.78, 5) is 29.6. The Kier molecular flexibility index (Phi) is 4.85. The van der Waals surface area contributed by atoms with Gasteiger partial charge in [0.2, 0.25) is 5.91 Å². The van der Waals surface area contributed by atoms with Gasteiger partial charge in [0, 0.05) is 19.1 Å². The third-order valence-corrected chi connectivity index (χ3v) is 5.57. The Bertz CT molecular complexity index is 665. The van der Waals surface area contributed by atoms with Gasteiger partial charge in [-0.3, -0.25) is 9.59 Å². The van der Waals surface area contributed by atoms with Crippen molar-refractivity contribution in [1.29, 1.82) is 0 Å². The van der Waals surface area contributed by atoms with Gasteiger partial charge in [-0.25, -0.2) is 0 Å². The summed E-state index contributed by atoms with van der Waals surface area (Å²) >= 11 is 0. The van der Waals surface area contributed by atoms with Crippen molar-refractivity contribution < 1.29 is 19.1 Å². The molecule has 6 heteroatoms. The van der Waals surface area contributed by atoms with E-state index in [0.29, 0.717) is 0 Å². The molecular weight excluding hydrogens is 332 g/mol. The first-order chi connectivity index (χ1) is 12.7. The van der Waals surface area contributed by atoms with E-state index >= 15 is 0 Å². The first-order valence-corrected chi connectivity index (χ1v) is 9.54. The van der Waals surface area contributed by atoms with Crippen LogP contribution in [0.3, 0.4) is 0 Å². The summed E-state index contributed by atoms with van der Waals surface area (Å²) in [7, 11) is 1.63. The zero-order valence-corrected chi connectivity index (χ0v) is 15.2. The van der Waals surface area contributed by atoms with Crippen LogP contribution in [0.25, 0.3) is 0 Å².